The number of esters is 1. The summed E-state index contributed by atoms with van der Waals surface area (Å²) in [7, 11) is 1.66. The number of piperazine rings is 1. The number of ether oxygens (including phenoxy) is 2. The number of carbonyl (C=O) groups excluding carboxylic acids is 3. The van der Waals surface area contributed by atoms with Gasteiger partial charge in [0.2, 0.25) is 0 Å². The van der Waals surface area contributed by atoms with Crippen LogP contribution < -0.4 is 15.4 Å². The van der Waals surface area contributed by atoms with Crippen LogP contribution in [0.4, 0.5) is 9.59 Å². The van der Waals surface area contributed by atoms with E-state index in [9.17, 15) is 14.4 Å². The van der Waals surface area contributed by atoms with Crippen LogP contribution in [-0.2, 0) is 9.53 Å². The molecule has 0 saturated carbocycles. The first-order valence-corrected chi connectivity index (χ1v) is 13.7. The van der Waals surface area contributed by atoms with Gasteiger partial charge in [0.25, 0.3) is 0 Å². The van der Waals surface area contributed by atoms with E-state index in [1.165, 1.54) is 4.90 Å². The maximum absolute atomic E-state index is 13.4. The van der Waals surface area contributed by atoms with Gasteiger partial charge < -0.3 is 25.0 Å². The summed E-state index contributed by atoms with van der Waals surface area (Å²) in [5.74, 6) is 0.794. The number of hydrogen-bond donors (Lipinski definition) is 2. The van der Waals surface area contributed by atoms with Crippen LogP contribution in [0.2, 0.25) is 0 Å². The Bertz CT molecular complexity index is 1250. The lowest BCUT2D eigenvalue weighted by atomic mass is 9.94. The fourth-order valence-electron chi connectivity index (χ4n) is 5.05. The molecule has 2 aromatic rings. The van der Waals surface area contributed by atoms with E-state index < -0.39 is 12.0 Å². The minimum absolute atomic E-state index is 0.0375. The SMILES string of the molecule is CCOC(=O)C1=C(CN2CCN(C(=O)NC(C)C)[C@@H](C)C2)N(C)C(=O)N[C@H]1c1cccc(Oc2ccccc2)c1. The molecule has 2 N–H and O–H groups in total. The fraction of sp³-hybridized carbons (Fsp3) is 0.433. The van der Waals surface area contributed by atoms with E-state index in [1.54, 1.807) is 14.0 Å². The van der Waals surface area contributed by atoms with Gasteiger partial charge in [0.05, 0.1) is 18.2 Å². The van der Waals surface area contributed by atoms with Crippen molar-refractivity contribution >= 4 is 18.0 Å². The first-order valence-electron chi connectivity index (χ1n) is 13.7. The smallest absolute Gasteiger partial charge is 0.338 e. The number of nitrogens with zero attached hydrogens (tertiary/aromatic N) is 3. The molecule has 1 saturated heterocycles. The van der Waals surface area contributed by atoms with Gasteiger partial charge in [-0.3, -0.25) is 9.80 Å². The van der Waals surface area contributed by atoms with Crippen molar-refractivity contribution in [2.45, 2.75) is 45.8 Å². The second-order valence-electron chi connectivity index (χ2n) is 10.4. The number of carbonyl (C=O) groups is 3. The zero-order chi connectivity index (χ0) is 28.8. The average Bonchev–Trinajstić information content (AvgIpc) is 2.91. The molecule has 1 fully saturated rings. The van der Waals surface area contributed by atoms with Crippen LogP contribution in [0.3, 0.4) is 0 Å². The van der Waals surface area contributed by atoms with E-state index >= 15 is 0 Å². The quantitative estimate of drug-likeness (QED) is 0.481. The fourth-order valence-corrected chi connectivity index (χ4v) is 5.05. The zero-order valence-corrected chi connectivity index (χ0v) is 23.8. The summed E-state index contributed by atoms with van der Waals surface area (Å²) in [6.45, 7) is 9.96. The average molecular weight is 550 g/mol. The number of rotatable bonds is 8. The maximum Gasteiger partial charge on any atom is 0.338 e. The lowest BCUT2D eigenvalue weighted by molar-refractivity contribution is -0.139. The van der Waals surface area contributed by atoms with Crippen LogP contribution in [0.5, 0.6) is 11.5 Å². The summed E-state index contributed by atoms with van der Waals surface area (Å²) in [5, 5.41) is 5.93. The van der Waals surface area contributed by atoms with Gasteiger partial charge in [0, 0.05) is 51.0 Å². The van der Waals surface area contributed by atoms with Crippen molar-refractivity contribution in [2.75, 3.05) is 39.8 Å². The second-order valence-corrected chi connectivity index (χ2v) is 10.4. The molecule has 0 radical (unpaired) electrons. The molecule has 0 unspecified atom stereocenters. The van der Waals surface area contributed by atoms with Crippen molar-refractivity contribution in [3.63, 3.8) is 0 Å². The summed E-state index contributed by atoms with van der Waals surface area (Å²) in [4.78, 5) is 44.7. The first-order chi connectivity index (χ1) is 19.2. The summed E-state index contributed by atoms with van der Waals surface area (Å²) in [6.07, 6.45) is 0. The molecular formula is C30H39N5O5. The molecule has 0 aromatic heterocycles. The van der Waals surface area contributed by atoms with Crippen molar-refractivity contribution in [1.29, 1.82) is 0 Å². The van der Waals surface area contributed by atoms with Crippen LogP contribution in [0, 0.1) is 0 Å². The summed E-state index contributed by atoms with van der Waals surface area (Å²) >= 11 is 0. The van der Waals surface area contributed by atoms with Crippen molar-refractivity contribution < 1.29 is 23.9 Å². The molecule has 2 heterocycles. The standard InChI is InChI=1S/C30H39N5O5/c1-6-39-28(36)26-25(19-34-15-16-35(21(4)18-34)30(38)31-20(2)3)33(5)29(37)32-27(26)22-11-10-14-24(17-22)40-23-12-8-7-9-13-23/h7-14,17,20-21,27H,6,15-16,18-19H2,1-5H3,(H,31,38)(H,32,37)/t21-,27-/m0/s1. The Balaban J connectivity index is 1.63. The highest BCUT2D eigenvalue weighted by molar-refractivity contribution is 5.95. The Morgan fingerprint density at radius 1 is 1.07 bits per heavy atom. The van der Waals surface area contributed by atoms with Crippen molar-refractivity contribution in [2.24, 2.45) is 0 Å². The van der Waals surface area contributed by atoms with E-state index in [4.69, 9.17) is 9.47 Å². The Kier molecular flexibility index (Phi) is 9.31. The molecule has 4 amide bonds. The maximum atomic E-state index is 13.4. The van der Waals surface area contributed by atoms with Gasteiger partial charge in [-0.2, -0.15) is 0 Å². The van der Waals surface area contributed by atoms with Crippen molar-refractivity contribution in [3.8, 4) is 11.5 Å². The number of likely N-dealkylation sites (N-methyl/N-ethyl adjacent to an activating group) is 1. The summed E-state index contributed by atoms with van der Waals surface area (Å²) < 4.78 is 11.5. The van der Waals surface area contributed by atoms with Crippen molar-refractivity contribution in [1.82, 2.24) is 25.3 Å². The van der Waals surface area contributed by atoms with Crippen LogP contribution in [-0.4, -0.2) is 84.6 Å². The predicted octanol–water partition coefficient (Wildman–Crippen LogP) is 4.12. The monoisotopic (exact) mass is 549 g/mol. The van der Waals surface area contributed by atoms with Gasteiger partial charge in [0.15, 0.2) is 0 Å². The van der Waals surface area contributed by atoms with E-state index in [0.717, 1.165) is 0 Å². The molecule has 2 aliphatic heterocycles. The van der Waals surface area contributed by atoms with E-state index in [-0.39, 0.29) is 30.8 Å². The molecule has 2 aromatic carbocycles. The number of benzene rings is 2. The Labute approximate surface area is 235 Å². The molecule has 10 nitrogen and oxygen atoms in total. The molecule has 4 rings (SSSR count). The topological polar surface area (TPSA) is 103 Å². The molecular weight excluding hydrogens is 510 g/mol. The van der Waals surface area contributed by atoms with Gasteiger partial charge in [-0.05, 0) is 57.5 Å². The second kappa shape index (κ2) is 12.9. The van der Waals surface area contributed by atoms with Crippen LogP contribution in [0.1, 0.15) is 39.3 Å². The third-order valence-corrected chi connectivity index (χ3v) is 7.00. The highest BCUT2D eigenvalue weighted by Crippen LogP contribution is 2.34. The minimum atomic E-state index is -0.715. The Hall–Kier alpha value is -4.05. The molecule has 10 heteroatoms. The van der Waals surface area contributed by atoms with E-state index in [2.05, 4.69) is 15.5 Å². The number of hydrogen-bond acceptors (Lipinski definition) is 6. The van der Waals surface area contributed by atoms with E-state index in [0.29, 0.717) is 54.5 Å². The van der Waals surface area contributed by atoms with Crippen LogP contribution in [0.15, 0.2) is 65.9 Å². The number of urea groups is 2. The molecule has 2 aliphatic rings. The third kappa shape index (κ3) is 6.74. The molecule has 0 aliphatic carbocycles. The predicted molar refractivity (Wildman–Crippen MR) is 152 cm³/mol. The first kappa shape index (κ1) is 28.9. The number of amides is 4. The van der Waals surface area contributed by atoms with E-state index in [1.807, 2.05) is 80.3 Å². The van der Waals surface area contributed by atoms with Gasteiger partial charge in [-0.1, -0.05) is 30.3 Å². The summed E-state index contributed by atoms with van der Waals surface area (Å²) in [5.41, 5.74) is 1.67. The highest BCUT2D eigenvalue weighted by atomic mass is 16.5. The number of para-hydroxylation sites is 1. The van der Waals surface area contributed by atoms with Crippen LogP contribution in [0.25, 0.3) is 0 Å². The van der Waals surface area contributed by atoms with Gasteiger partial charge >= 0.3 is 18.0 Å². The highest BCUT2D eigenvalue weighted by Gasteiger charge is 2.38. The molecule has 214 valence electrons. The van der Waals surface area contributed by atoms with Gasteiger partial charge in [0.1, 0.15) is 11.5 Å². The Morgan fingerprint density at radius 2 is 1.80 bits per heavy atom. The zero-order valence-electron chi connectivity index (χ0n) is 23.8. The Morgan fingerprint density at radius 3 is 2.48 bits per heavy atom. The molecule has 40 heavy (non-hydrogen) atoms. The largest absolute Gasteiger partial charge is 0.463 e. The summed E-state index contributed by atoms with van der Waals surface area (Å²) in [6, 6.07) is 15.7. The van der Waals surface area contributed by atoms with Gasteiger partial charge in [-0.25, -0.2) is 14.4 Å². The normalized spacial score (nSPS) is 19.9. The van der Waals surface area contributed by atoms with Gasteiger partial charge in [-0.15, -0.1) is 0 Å². The van der Waals surface area contributed by atoms with Crippen LogP contribution >= 0.6 is 0 Å². The lowest BCUT2D eigenvalue weighted by Crippen LogP contribution is -2.58. The molecule has 2 atom stereocenters. The number of nitrogens with one attached hydrogen (secondary N) is 2. The lowest BCUT2D eigenvalue weighted by Gasteiger charge is -2.42. The third-order valence-electron chi connectivity index (χ3n) is 7.00. The molecule has 0 bridgehead atoms. The molecule has 0 spiro atoms. The van der Waals surface area contributed by atoms with Crippen molar-refractivity contribution in [3.05, 3.63) is 71.4 Å². The minimum Gasteiger partial charge on any atom is -0.463 e.